The summed E-state index contributed by atoms with van der Waals surface area (Å²) in [4.78, 5) is 34.1. The number of aliphatic hydroxyl groups is 1. The van der Waals surface area contributed by atoms with Crippen LogP contribution in [0.4, 0.5) is 5.69 Å². The van der Waals surface area contributed by atoms with Crippen LogP contribution in [0.15, 0.2) is 24.3 Å². The van der Waals surface area contributed by atoms with Crippen LogP contribution in [0.2, 0.25) is 0 Å². The maximum Gasteiger partial charge on any atom is 0.246 e. The van der Waals surface area contributed by atoms with Gasteiger partial charge in [0.05, 0.1) is 13.2 Å². The van der Waals surface area contributed by atoms with E-state index in [4.69, 9.17) is 10.8 Å². The minimum atomic E-state index is -0.739. The van der Waals surface area contributed by atoms with E-state index in [1.165, 1.54) is 0 Å². The Kier molecular flexibility index (Phi) is 8.33. The molecule has 0 aliphatic rings. The van der Waals surface area contributed by atoms with Crippen LogP contribution in [0.1, 0.15) is 18.4 Å². The lowest BCUT2D eigenvalue weighted by molar-refractivity contribution is -0.126. The summed E-state index contributed by atoms with van der Waals surface area (Å²) in [5, 5.41) is 16.5. The molecule has 1 aromatic rings. The summed E-state index contributed by atoms with van der Waals surface area (Å²) in [6.45, 7) is 0.131. The zero-order chi connectivity index (χ0) is 17.1. The van der Waals surface area contributed by atoms with E-state index >= 15 is 0 Å². The Balaban J connectivity index is 2.65. The van der Waals surface area contributed by atoms with Crippen LogP contribution < -0.4 is 21.7 Å². The van der Waals surface area contributed by atoms with Gasteiger partial charge in [-0.05, 0) is 37.1 Å². The molecule has 23 heavy (non-hydrogen) atoms. The first-order valence-electron chi connectivity index (χ1n) is 7.27. The summed E-state index contributed by atoms with van der Waals surface area (Å²) in [7, 11) is 0. The van der Waals surface area contributed by atoms with E-state index in [0.717, 1.165) is 5.56 Å². The van der Waals surface area contributed by atoms with Gasteiger partial charge in [-0.2, -0.15) is 0 Å². The predicted molar refractivity (Wildman–Crippen MR) is 85.3 cm³/mol. The van der Waals surface area contributed by atoms with E-state index in [1.54, 1.807) is 24.3 Å². The fraction of sp³-hybridized carbons (Fsp3) is 0.400. The molecular weight excluding hydrogens is 300 g/mol. The average molecular weight is 322 g/mol. The normalized spacial score (nSPS) is 11.4. The van der Waals surface area contributed by atoms with Gasteiger partial charge in [-0.1, -0.05) is 12.1 Å². The third-order valence-electron chi connectivity index (χ3n) is 3.10. The van der Waals surface area contributed by atoms with Crippen LogP contribution >= 0.6 is 0 Å². The molecule has 0 aliphatic carbocycles. The van der Waals surface area contributed by atoms with Crippen molar-refractivity contribution in [1.29, 1.82) is 0 Å². The molecule has 6 N–H and O–H groups in total. The molecule has 0 spiro atoms. The molecule has 1 aromatic carbocycles. The van der Waals surface area contributed by atoms with E-state index in [-0.39, 0.29) is 19.1 Å². The Labute approximate surface area is 134 Å². The van der Waals surface area contributed by atoms with E-state index in [9.17, 15) is 14.4 Å². The van der Waals surface area contributed by atoms with Crippen LogP contribution in [0, 0.1) is 0 Å². The zero-order valence-corrected chi connectivity index (χ0v) is 12.7. The first-order valence-corrected chi connectivity index (χ1v) is 7.27. The number of rotatable bonds is 10. The number of nitrogens with two attached hydrogens (primary N) is 1. The third kappa shape index (κ3) is 6.90. The Hall–Kier alpha value is -2.45. The number of hydrogen-bond acceptors (Lipinski definition) is 5. The number of carbonyl (C=O) groups excluding carboxylic acids is 3. The first kappa shape index (κ1) is 18.6. The maximum atomic E-state index is 12.3. The second-order valence-corrected chi connectivity index (χ2v) is 4.89. The Morgan fingerprint density at radius 2 is 1.96 bits per heavy atom. The lowest BCUT2D eigenvalue weighted by Crippen LogP contribution is -2.46. The standard InChI is InChI=1S/C15H22N4O4/c16-7-1-2-13(19-14(22)8-17-10-21)15(23)18-12-5-3-11(9-20)4-6-12/h3-6,10,13,20H,1-2,7-9,16H2,(H,17,21)(H,18,23)(H,19,22). The van der Waals surface area contributed by atoms with Crippen LogP contribution in [0.3, 0.4) is 0 Å². The molecule has 0 saturated heterocycles. The van der Waals surface area contributed by atoms with Crippen LogP contribution in [0.5, 0.6) is 0 Å². The molecule has 8 heteroatoms. The zero-order valence-electron chi connectivity index (χ0n) is 12.7. The highest BCUT2D eigenvalue weighted by Crippen LogP contribution is 2.10. The summed E-state index contributed by atoms with van der Waals surface area (Å²) in [6.07, 6.45) is 1.38. The van der Waals surface area contributed by atoms with Crippen LogP contribution in [0.25, 0.3) is 0 Å². The fourth-order valence-electron chi connectivity index (χ4n) is 1.89. The summed E-state index contributed by atoms with van der Waals surface area (Å²) in [6, 6.07) is 5.98. The second kappa shape index (κ2) is 10.3. The quantitative estimate of drug-likeness (QED) is 0.356. The van der Waals surface area contributed by atoms with Crippen molar-refractivity contribution >= 4 is 23.9 Å². The number of nitrogens with one attached hydrogen (secondary N) is 3. The molecule has 0 bridgehead atoms. The molecular formula is C15H22N4O4. The molecule has 1 atom stereocenters. The van der Waals surface area contributed by atoms with Crippen molar-refractivity contribution in [3.8, 4) is 0 Å². The van der Waals surface area contributed by atoms with E-state index < -0.39 is 11.9 Å². The number of aliphatic hydroxyl groups excluding tert-OH is 1. The minimum Gasteiger partial charge on any atom is -0.392 e. The molecule has 0 heterocycles. The fourth-order valence-corrected chi connectivity index (χ4v) is 1.89. The largest absolute Gasteiger partial charge is 0.392 e. The van der Waals surface area contributed by atoms with Crippen molar-refractivity contribution in [2.45, 2.75) is 25.5 Å². The Bertz CT molecular complexity index is 519. The van der Waals surface area contributed by atoms with Gasteiger partial charge in [0.1, 0.15) is 6.04 Å². The molecule has 1 unspecified atom stereocenters. The van der Waals surface area contributed by atoms with E-state index in [0.29, 0.717) is 31.5 Å². The highest BCUT2D eigenvalue weighted by Gasteiger charge is 2.20. The van der Waals surface area contributed by atoms with Crippen molar-refractivity contribution in [3.63, 3.8) is 0 Å². The van der Waals surface area contributed by atoms with Gasteiger partial charge < -0.3 is 26.8 Å². The van der Waals surface area contributed by atoms with Gasteiger partial charge >= 0.3 is 0 Å². The van der Waals surface area contributed by atoms with Crippen molar-refractivity contribution < 1.29 is 19.5 Å². The molecule has 8 nitrogen and oxygen atoms in total. The van der Waals surface area contributed by atoms with Crippen molar-refractivity contribution in [2.24, 2.45) is 5.73 Å². The molecule has 0 aromatic heterocycles. The van der Waals surface area contributed by atoms with E-state index in [2.05, 4.69) is 16.0 Å². The maximum absolute atomic E-state index is 12.3. The van der Waals surface area contributed by atoms with Gasteiger partial charge in [0, 0.05) is 5.69 Å². The summed E-state index contributed by atoms with van der Waals surface area (Å²) >= 11 is 0. The number of benzene rings is 1. The van der Waals surface area contributed by atoms with Gasteiger partial charge in [0.15, 0.2) is 0 Å². The van der Waals surface area contributed by atoms with Crippen LogP contribution in [-0.4, -0.2) is 42.5 Å². The minimum absolute atomic E-state index is 0.0762. The van der Waals surface area contributed by atoms with Gasteiger partial charge in [-0.15, -0.1) is 0 Å². The van der Waals surface area contributed by atoms with Crippen LogP contribution in [-0.2, 0) is 21.0 Å². The summed E-state index contributed by atoms with van der Waals surface area (Å²) < 4.78 is 0. The van der Waals surface area contributed by atoms with Gasteiger partial charge in [0.2, 0.25) is 18.2 Å². The molecule has 3 amide bonds. The third-order valence-corrected chi connectivity index (χ3v) is 3.10. The topological polar surface area (TPSA) is 134 Å². The number of anilines is 1. The van der Waals surface area contributed by atoms with Gasteiger partial charge in [0.25, 0.3) is 0 Å². The number of carbonyl (C=O) groups is 3. The molecule has 0 fully saturated rings. The van der Waals surface area contributed by atoms with Crippen molar-refractivity contribution in [1.82, 2.24) is 10.6 Å². The lowest BCUT2D eigenvalue weighted by Gasteiger charge is -2.18. The van der Waals surface area contributed by atoms with Gasteiger partial charge in [-0.25, -0.2) is 0 Å². The molecule has 0 aliphatic heterocycles. The highest BCUT2D eigenvalue weighted by molar-refractivity contribution is 5.97. The second-order valence-electron chi connectivity index (χ2n) is 4.89. The monoisotopic (exact) mass is 322 g/mol. The van der Waals surface area contributed by atoms with Gasteiger partial charge in [-0.3, -0.25) is 14.4 Å². The van der Waals surface area contributed by atoms with Crippen molar-refractivity contribution in [3.05, 3.63) is 29.8 Å². The highest BCUT2D eigenvalue weighted by atomic mass is 16.3. The Morgan fingerprint density at radius 3 is 2.52 bits per heavy atom. The van der Waals surface area contributed by atoms with E-state index in [1.807, 2.05) is 0 Å². The molecule has 0 radical (unpaired) electrons. The average Bonchev–Trinajstić information content (AvgIpc) is 2.57. The summed E-state index contributed by atoms with van der Waals surface area (Å²) in [5.41, 5.74) is 6.74. The van der Waals surface area contributed by atoms with Crippen molar-refractivity contribution in [2.75, 3.05) is 18.4 Å². The number of hydrogen-bond donors (Lipinski definition) is 5. The smallest absolute Gasteiger partial charge is 0.246 e. The Morgan fingerprint density at radius 1 is 1.26 bits per heavy atom. The first-order chi connectivity index (χ1) is 11.1. The molecule has 126 valence electrons. The molecule has 1 rings (SSSR count). The SMILES string of the molecule is NCCCC(NC(=O)CNC=O)C(=O)Nc1ccc(CO)cc1. The lowest BCUT2D eigenvalue weighted by atomic mass is 10.1. The summed E-state index contributed by atoms with van der Waals surface area (Å²) in [5.74, 6) is -0.820. The molecule has 0 saturated carbocycles. The predicted octanol–water partition coefficient (Wildman–Crippen LogP) is -0.913. The number of amides is 3.